The maximum atomic E-state index is 12.2. The highest BCUT2D eigenvalue weighted by molar-refractivity contribution is 7.84. The molecule has 8 nitrogen and oxygen atoms in total. The van der Waals surface area contributed by atoms with Gasteiger partial charge in [-0.2, -0.15) is 0 Å². The Balaban J connectivity index is 2.10. The molecule has 2 unspecified atom stereocenters. The summed E-state index contributed by atoms with van der Waals surface area (Å²) in [6, 6.07) is 3.31. The van der Waals surface area contributed by atoms with E-state index < -0.39 is 34.3 Å². The summed E-state index contributed by atoms with van der Waals surface area (Å²) in [6.07, 6.45) is 1.52. The van der Waals surface area contributed by atoms with Crippen molar-refractivity contribution in [2.75, 3.05) is 12.0 Å². The summed E-state index contributed by atoms with van der Waals surface area (Å²) in [7, 11) is -1.16. The van der Waals surface area contributed by atoms with E-state index in [1.165, 1.54) is 18.4 Å². The minimum absolute atomic E-state index is 0.0232. The van der Waals surface area contributed by atoms with E-state index in [0.29, 0.717) is 16.5 Å². The first-order valence-electron chi connectivity index (χ1n) is 8.26. The Hall–Kier alpha value is -2.68. The van der Waals surface area contributed by atoms with Gasteiger partial charge in [-0.3, -0.25) is 9.00 Å². The molecule has 1 aromatic carbocycles. The number of carbonyl (C=O) groups is 2. The first-order valence-corrected chi connectivity index (χ1v) is 9.99. The monoisotopic (exact) mass is 395 g/mol. The van der Waals surface area contributed by atoms with Gasteiger partial charge < -0.3 is 19.9 Å². The number of phenols is 1. The van der Waals surface area contributed by atoms with Gasteiger partial charge in [0.1, 0.15) is 17.4 Å². The number of carboxylic acids is 1. The number of fused-ring (bicyclic) bond motifs is 1. The molecule has 2 aromatic rings. The van der Waals surface area contributed by atoms with Gasteiger partial charge in [-0.25, -0.2) is 9.59 Å². The maximum Gasteiger partial charge on any atom is 0.339 e. The molecule has 2 rings (SSSR count). The van der Waals surface area contributed by atoms with Crippen molar-refractivity contribution < 1.29 is 28.4 Å². The zero-order chi connectivity index (χ0) is 20.1. The molecule has 0 aliphatic carbocycles. The molecule has 0 saturated carbocycles. The first kappa shape index (κ1) is 20.6. The lowest BCUT2D eigenvalue weighted by atomic mass is 10.0. The van der Waals surface area contributed by atoms with Gasteiger partial charge in [0.05, 0.1) is 0 Å². The zero-order valence-corrected chi connectivity index (χ0v) is 15.8. The maximum absolute atomic E-state index is 12.2. The van der Waals surface area contributed by atoms with Crippen LogP contribution in [0.1, 0.15) is 24.0 Å². The number of carboxylic acid groups (broad SMARTS) is 1. The summed E-state index contributed by atoms with van der Waals surface area (Å²) < 4.78 is 16.3. The Labute approximate surface area is 157 Å². The van der Waals surface area contributed by atoms with Crippen molar-refractivity contribution in [3.63, 3.8) is 0 Å². The molecular formula is C18H21NO7S. The van der Waals surface area contributed by atoms with Gasteiger partial charge in [0.15, 0.2) is 0 Å². The number of rotatable bonds is 8. The Morgan fingerprint density at radius 1 is 1.33 bits per heavy atom. The fourth-order valence-corrected chi connectivity index (χ4v) is 3.29. The normalized spacial score (nSPS) is 13.3. The number of aryl methyl sites for hydroxylation is 1. The molecule has 1 amide bonds. The van der Waals surface area contributed by atoms with E-state index in [1.807, 2.05) is 0 Å². The van der Waals surface area contributed by atoms with Crippen LogP contribution in [0.2, 0.25) is 0 Å². The number of hydrogen-bond acceptors (Lipinski definition) is 6. The molecule has 1 aromatic heterocycles. The van der Waals surface area contributed by atoms with Crippen LogP contribution in [0.25, 0.3) is 11.0 Å². The standard InChI is InChI=1S/C18H21NO7S/c1-10-12-4-3-11(20)9-15(12)26-18(24)13(10)5-6-16(21)19-14(17(22)23)7-8-27(2)25/h3-4,9,14,20H,5-8H2,1-2H3,(H,19,21)(H,22,23). The Morgan fingerprint density at radius 3 is 2.67 bits per heavy atom. The smallest absolute Gasteiger partial charge is 0.339 e. The van der Waals surface area contributed by atoms with Gasteiger partial charge in [-0.05, 0) is 37.5 Å². The van der Waals surface area contributed by atoms with Gasteiger partial charge in [0, 0.05) is 46.2 Å². The molecule has 146 valence electrons. The highest BCUT2D eigenvalue weighted by Crippen LogP contribution is 2.23. The minimum Gasteiger partial charge on any atom is -0.508 e. The number of hydrogen-bond donors (Lipinski definition) is 3. The van der Waals surface area contributed by atoms with E-state index in [2.05, 4.69) is 5.32 Å². The molecule has 0 fully saturated rings. The van der Waals surface area contributed by atoms with E-state index >= 15 is 0 Å². The number of aliphatic carboxylic acids is 1. The minimum atomic E-state index is -1.20. The summed E-state index contributed by atoms with van der Waals surface area (Å²) in [5, 5.41) is 21.7. The van der Waals surface area contributed by atoms with Crippen LogP contribution in [0.3, 0.4) is 0 Å². The van der Waals surface area contributed by atoms with Crippen LogP contribution < -0.4 is 10.9 Å². The van der Waals surface area contributed by atoms with Crippen molar-refractivity contribution in [3.05, 3.63) is 39.7 Å². The molecule has 9 heteroatoms. The highest BCUT2D eigenvalue weighted by atomic mass is 32.2. The quantitative estimate of drug-likeness (QED) is 0.569. The predicted molar refractivity (Wildman–Crippen MR) is 100 cm³/mol. The van der Waals surface area contributed by atoms with E-state index in [-0.39, 0.29) is 36.3 Å². The third-order valence-electron chi connectivity index (χ3n) is 4.20. The Morgan fingerprint density at radius 2 is 2.04 bits per heavy atom. The molecule has 0 radical (unpaired) electrons. The third kappa shape index (κ3) is 5.40. The zero-order valence-electron chi connectivity index (χ0n) is 15.0. The van der Waals surface area contributed by atoms with Crippen LogP contribution in [0.5, 0.6) is 5.75 Å². The van der Waals surface area contributed by atoms with E-state index in [1.54, 1.807) is 13.0 Å². The first-order chi connectivity index (χ1) is 12.7. The van der Waals surface area contributed by atoms with Gasteiger partial charge in [-0.1, -0.05) is 0 Å². The number of benzene rings is 1. The van der Waals surface area contributed by atoms with E-state index in [9.17, 15) is 23.7 Å². The lowest BCUT2D eigenvalue weighted by molar-refractivity contribution is -0.141. The van der Waals surface area contributed by atoms with Gasteiger partial charge >= 0.3 is 11.6 Å². The molecule has 0 aliphatic heterocycles. The number of carbonyl (C=O) groups excluding carboxylic acids is 1. The molecule has 1 heterocycles. The summed E-state index contributed by atoms with van der Waals surface area (Å²) >= 11 is 0. The van der Waals surface area contributed by atoms with Crippen LogP contribution in [0, 0.1) is 6.92 Å². The molecule has 0 saturated heterocycles. The number of nitrogens with one attached hydrogen (secondary N) is 1. The van der Waals surface area contributed by atoms with E-state index in [4.69, 9.17) is 9.52 Å². The number of phenolic OH excluding ortho intramolecular Hbond substituents is 1. The second kappa shape index (κ2) is 8.81. The SMILES string of the molecule is Cc1c(CCC(=O)NC(CCS(C)=O)C(=O)O)c(=O)oc2cc(O)ccc12. The third-order valence-corrected chi connectivity index (χ3v) is 5.01. The van der Waals surface area contributed by atoms with Crippen LogP contribution in [-0.2, 0) is 26.8 Å². The summed E-state index contributed by atoms with van der Waals surface area (Å²) in [6.45, 7) is 1.72. The van der Waals surface area contributed by atoms with Crippen molar-refractivity contribution in [2.24, 2.45) is 0 Å². The van der Waals surface area contributed by atoms with E-state index in [0.717, 1.165) is 0 Å². The predicted octanol–water partition coefficient (Wildman–Crippen LogP) is 1.08. The van der Waals surface area contributed by atoms with Crippen molar-refractivity contribution in [2.45, 2.75) is 32.2 Å². The molecular weight excluding hydrogens is 374 g/mol. The largest absolute Gasteiger partial charge is 0.508 e. The average molecular weight is 395 g/mol. The molecule has 2 atom stereocenters. The summed E-state index contributed by atoms with van der Waals surface area (Å²) in [4.78, 5) is 35.5. The van der Waals surface area contributed by atoms with Crippen LogP contribution in [-0.4, -0.2) is 44.3 Å². The topological polar surface area (TPSA) is 134 Å². The lowest BCUT2D eigenvalue weighted by Gasteiger charge is -2.14. The summed E-state index contributed by atoms with van der Waals surface area (Å²) in [5.74, 6) is -1.58. The molecule has 3 N–H and O–H groups in total. The van der Waals surface area contributed by atoms with Crippen molar-refractivity contribution >= 4 is 33.6 Å². The average Bonchev–Trinajstić information content (AvgIpc) is 2.57. The second-order valence-electron chi connectivity index (χ2n) is 6.20. The van der Waals surface area contributed by atoms with Crippen molar-refractivity contribution in [3.8, 4) is 5.75 Å². The molecule has 0 spiro atoms. The van der Waals surface area contributed by atoms with Crippen molar-refractivity contribution in [1.82, 2.24) is 5.32 Å². The Kier molecular flexibility index (Phi) is 6.73. The fourth-order valence-electron chi connectivity index (χ4n) is 2.72. The molecule has 0 aliphatic rings. The van der Waals surface area contributed by atoms with Crippen molar-refractivity contribution in [1.29, 1.82) is 0 Å². The fraction of sp³-hybridized carbons (Fsp3) is 0.389. The van der Waals surface area contributed by atoms with Crippen LogP contribution in [0.15, 0.2) is 27.4 Å². The second-order valence-corrected chi connectivity index (χ2v) is 7.75. The molecule has 27 heavy (non-hydrogen) atoms. The van der Waals surface area contributed by atoms with Gasteiger partial charge in [0.2, 0.25) is 5.91 Å². The number of aromatic hydroxyl groups is 1. The highest BCUT2D eigenvalue weighted by Gasteiger charge is 2.21. The van der Waals surface area contributed by atoms with Crippen LogP contribution >= 0.6 is 0 Å². The lowest BCUT2D eigenvalue weighted by Crippen LogP contribution is -2.41. The van der Waals surface area contributed by atoms with Gasteiger partial charge in [-0.15, -0.1) is 0 Å². The number of amides is 1. The summed E-state index contributed by atoms with van der Waals surface area (Å²) in [5.41, 5.74) is 0.619. The Bertz CT molecular complexity index is 951. The van der Waals surface area contributed by atoms with Gasteiger partial charge in [0.25, 0.3) is 0 Å². The molecule has 0 bridgehead atoms. The van der Waals surface area contributed by atoms with Crippen LogP contribution in [0.4, 0.5) is 0 Å².